The molecule has 27 heavy (non-hydrogen) atoms. The molecule has 0 aromatic heterocycles. The zero-order chi connectivity index (χ0) is 19.4. The highest BCUT2D eigenvalue weighted by Crippen LogP contribution is 2.21. The van der Waals surface area contributed by atoms with E-state index in [1.165, 1.54) is 35.5 Å². The number of benzene rings is 1. The maximum atomic E-state index is 12.8. The van der Waals surface area contributed by atoms with Crippen molar-refractivity contribution in [3.63, 3.8) is 0 Å². The minimum atomic E-state index is -3.55. The molecule has 1 aromatic rings. The van der Waals surface area contributed by atoms with E-state index in [-0.39, 0.29) is 22.4 Å². The Morgan fingerprint density at radius 1 is 1.07 bits per heavy atom. The Balaban J connectivity index is 1.63. The maximum absolute atomic E-state index is 12.8. The molecule has 0 spiro atoms. The smallest absolute Gasteiger partial charge is 0.338 e. The lowest BCUT2D eigenvalue weighted by Gasteiger charge is -2.20. The molecule has 1 amide bonds. The number of nitrogens with one attached hydrogen (secondary N) is 1. The van der Waals surface area contributed by atoms with Crippen LogP contribution in [0.4, 0.5) is 0 Å². The Morgan fingerprint density at radius 2 is 1.67 bits per heavy atom. The molecule has 1 aliphatic heterocycles. The van der Waals surface area contributed by atoms with Gasteiger partial charge in [-0.25, -0.2) is 13.2 Å². The zero-order valence-electron chi connectivity index (χ0n) is 15.5. The largest absolute Gasteiger partial charge is 0.449 e. The highest BCUT2D eigenvalue weighted by Gasteiger charge is 2.28. The van der Waals surface area contributed by atoms with Gasteiger partial charge in [0.2, 0.25) is 10.0 Å². The van der Waals surface area contributed by atoms with E-state index >= 15 is 0 Å². The molecule has 1 heterocycles. The van der Waals surface area contributed by atoms with E-state index in [9.17, 15) is 18.0 Å². The molecule has 148 valence electrons. The first-order chi connectivity index (χ1) is 12.9. The van der Waals surface area contributed by atoms with E-state index in [1.807, 2.05) is 0 Å². The van der Waals surface area contributed by atoms with Crippen LogP contribution < -0.4 is 5.32 Å². The molecule has 1 aromatic carbocycles. The number of nitrogens with zero attached hydrogens (tertiary/aromatic N) is 1. The molecule has 8 heteroatoms. The summed E-state index contributed by atoms with van der Waals surface area (Å²) in [6, 6.07) is 5.90. The number of rotatable bonds is 6. The monoisotopic (exact) mass is 394 g/mol. The summed E-state index contributed by atoms with van der Waals surface area (Å²) >= 11 is 0. The van der Waals surface area contributed by atoms with Crippen LogP contribution in [0, 0.1) is 0 Å². The summed E-state index contributed by atoms with van der Waals surface area (Å²) in [6.07, 6.45) is 4.85. The lowest BCUT2D eigenvalue weighted by atomic mass is 10.2. The Morgan fingerprint density at radius 3 is 2.22 bits per heavy atom. The summed E-state index contributed by atoms with van der Waals surface area (Å²) in [5.41, 5.74) is 0.218. The summed E-state index contributed by atoms with van der Waals surface area (Å²) in [7, 11) is -3.55. The van der Waals surface area contributed by atoms with Crippen molar-refractivity contribution in [3.8, 4) is 0 Å². The summed E-state index contributed by atoms with van der Waals surface area (Å²) in [4.78, 5) is 24.2. The highest BCUT2D eigenvalue weighted by molar-refractivity contribution is 7.89. The van der Waals surface area contributed by atoms with Crippen molar-refractivity contribution in [2.75, 3.05) is 13.1 Å². The molecule has 0 radical (unpaired) electrons. The quantitative estimate of drug-likeness (QED) is 0.746. The van der Waals surface area contributed by atoms with Gasteiger partial charge in [-0.05, 0) is 56.9 Å². The van der Waals surface area contributed by atoms with Crippen LogP contribution in [0.3, 0.4) is 0 Å². The van der Waals surface area contributed by atoms with Crippen LogP contribution in [0.1, 0.15) is 55.8 Å². The minimum absolute atomic E-state index is 0.167. The van der Waals surface area contributed by atoms with E-state index in [0.29, 0.717) is 13.1 Å². The number of amides is 1. The molecule has 1 saturated carbocycles. The first-order valence-electron chi connectivity index (χ1n) is 9.49. The first kappa shape index (κ1) is 19.8. The standard InChI is InChI=1S/C19H26N2O5S/c1-14(18(22)20-16-8-9-16)26-19(23)15-6-10-17(11-7-15)27(24,25)21-12-4-2-3-5-13-21/h6-7,10-11,14,16H,2-5,8-9,12-13H2,1H3,(H,20,22)/t14-/m1/s1. The highest BCUT2D eigenvalue weighted by atomic mass is 32.2. The average molecular weight is 394 g/mol. The number of esters is 1. The van der Waals surface area contributed by atoms with Gasteiger partial charge in [0, 0.05) is 19.1 Å². The fraction of sp³-hybridized carbons (Fsp3) is 0.579. The Hall–Kier alpha value is -1.93. The summed E-state index contributed by atoms with van der Waals surface area (Å²) in [5.74, 6) is -0.960. The third-order valence-electron chi connectivity index (χ3n) is 4.87. The lowest BCUT2D eigenvalue weighted by Crippen LogP contribution is -2.37. The maximum Gasteiger partial charge on any atom is 0.338 e. The molecule has 0 bridgehead atoms. The molecular weight excluding hydrogens is 368 g/mol. The SMILES string of the molecule is C[C@@H](OC(=O)c1ccc(S(=O)(=O)N2CCCCCC2)cc1)C(=O)NC1CC1. The van der Waals surface area contributed by atoms with Crippen LogP contribution in [0.5, 0.6) is 0 Å². The number of ether oxygens (including phenoxy) is 1. The molecule has 1 aliphatic carbocycles. The predicted octanol–water partition coefficient (Wildman–Crippen LogP) is 2.08. The molecule has 1 N–H and O–H groups in total. The molecule has 2 aliphatic rings. The zero-order valence-corrected chi connectivity index (χ0v) is 16.3. The van der Waals surface area contributed by atoms with E-state index < -0.39 is 22.1 Å². The van der Waals surface area contributed by atoms with Crippen molar-refractivity contribution in [1.29, 1.82) is 0 Å². The van der Waals surface area contributed by atoms with Gasteiger partial charge in [-0.3, -0.25) is 4.79 Å². The van der Waals surface area contributed by atoms with Gasteiger partial charge >= 0.3 is 5.97 Å². The van der Waals surface area contributed by atoms with Crippen molar-refractivity contribution >= 4 is 21.9 Å². The van der Waals surface area contributed by atoms with Gasteiger partial charge in [0.05, 0.1) is 10.5 Å². The van der Waals surface area contributed by atoms with Gasteiger partial charge in [-0.15, -0.1) is 0 Å². The number of sulfonamides is 1. The van der Waals surface area contributed by atoms with E-state index in [0.717, 1.165) is 38.5 Å². The second-order valence-electron chi connectivity index (χ2n) is 7.17. The van der Waals surface area contributed by atoms with Crippen molar-refractivity contribution in [2.24, 2.45) is 0 Å². The second-order valence-corrected chi connectivity index (χ2v) is 9.11. The Kier molecular flexibility index (Phi) is 6.16. The van der Waals surface area contributed by atoms with Gasteiger partial charge in [-0.2, -0.15) is 4.31 Å². The Bertz CT molecular complexity index is 779. The fourth-order valence-electron chi connectivity index (χ4n) is 3.02. The number of hydrogen-bond donors (Lipinski definition) is 1. The van der Waals surface area contributed by atoms with Crippen LogP contribution in [0.2, 0.25) is 0 Å². The van der Waals surface area contributed by atoms with Crippen molar-refractivity contribution in [1.82, 2.24) is 9.62 Å². The third-order valence-corrected chi connectivity index (χ3v) is 6.78. The van der Waals surface area contributed by atoms with Crippen LogP contribution in [0.15, 0.2) is 29.2 Å². The molecule has 1 atom stereocenters. The van der Waals surface area contributed by atoms with E-state index in [4.69, 9.17) is 4.74 Å². The molecule has 3 rings (SSSR count). The number of carbonyl (C=O) groups excluding carboxylic acids is 2. The molecule has 0 unspecified atom stereocenters. The molecule has 7 nitrogen and oxygen atoms in total. The van der Waals surface area contributed by atoms with Crippen LogP contribution in [-0.2, 0) is 19.6 Å². The van der Waals surface area contributed by atoms with Gasteiger partial charge in [0.1, 0.15) is 0 Å². The van der Waals surface area contributed by atoms with Crippen molar-refractivity contribution in [3.05, 3.63) is 29.8 Å². The van der Waals surface area contributed by atoms with E-state index in [1.54, 1.807) is 0 Å². The summed E-state index contributed by atoms with van der Waals surface area (Å²) in [6.45, 7) is 2.58. The molecular formula is C19H26N2O5S. The second kappa shape index (κ2) is 8.39. The first-order valence-corrected chi connectivity index (χ1v) is 10.9. The molecule has 2 fully saturated rings. The lowest BCUT2D eigenvalue weighted by molar-refractivity contribution is -0.129. The minimum Gasteiger partial charge on any atom is -0.449 e. The van der Waals surface area contributed by atoms with Gasteiger partial charge in [0.15, 0.2) is 6.10 Å². The topological polar surface area (TPSA) is 92.8 Å². The predicted molar refractivity (Wildman–Crippen MR) is 99.7 cm³/mol. The van der Waals surface area contributed by atoms with Gasteiger partial charge in [-0.1, -0.05) is 12.8 Å². The molecule has 1 saturated heterocycles. The normalized spacial score (nSPS) is 19.7. The fourth-order valence-corrected chi connectivity index (χ4v) is 4.54. The van der Waals surface area contributed by atoms with Crippen molar-refractivity contribution in [2.45, 2.75) is 62.5 Å². The number of carbonyl (C=O) groups is 2. The van der Waals surface area contributed by atoms with Crippen LogP contribution in [0.25, 0.3) is 0 Å². The number of hydrogen-bond acceptors (Lipinski definition) is 5. The van der Waals surface area contributed by atoms with Gasteiger partial charge in [0.25, 0.3) is 5.91 Å². The van der Waals surface area contributed by atoms with Crippen molar-refractivity contribution < 1.29 is 22.7 Å². The van der Waals surface area contributed by atoms with E-state index in [2.05, 4.69) is 5.32 Å². The Labute approximate surface area is 160 Å². The third kappa shape index (κ3) is 5.07. The van der Waals surface area contributed by atoms with Crippen LogP contribution >= 0.6 is 0 Å². The average Bonchev–Trinajstić information content (AvgIpc) is 3.48. The van der Waals surface area contributed by atoms with Crippen LogP contribution in [-0.4, -0.2) is 49.8 Å². The summed E-state index contributed by atoms with van der Waals surface area (Å²) < 4.78 is 32.2. The van der Waals surface area contributed by atoms with Gasteiger partial charge < -0.3 is 10.1 Å². The summed E-state index contributed by atoms with van der Waals surface area (Å²) in [5, 5.41) is 2.78.